The molecule has 0 spiro atoms. The number of hydrogen-bond donors (Lipinski definition) is 2. The van der Waals surface area contributed by atoms with Crippen LogP contribution in [0.1, 0.15) is 38.4 Å². The Balaban J connectivity index is 0.00000353. The van der Waals surface area contributed by atoms with Crippen LogP contribution in [0.5, 0.6) is 5.75 Å². The molecule has 0 aliphatic heterocycles. The fraction of sp³-hybridized carbons (Fsp3) is 0.167. The van der Waals surface area contributed by atoms with Gasteiger partial charge in [0.25, 0.3) is 0 Å². The van der Waals surface area contributed by atoms with E-state index in [2.05, 4.69) is 25.6 Å². The van der Waals surface area contributed by atoms with E-state index in [4.69, 9.17) is 4.74 Å². The van der Waals surface area contributed by atoms with Gasteiger partial charge in [-0.15, -0.1) is 22.6 Å². The molecular formula is C30H28ClN5O3. The maximum Gasteiger partial charge on any atom is 0.341 e. The van der Waals surface area contributed by atoms with E-state index in [1.807, 2.05) is 92.7 Å². The summed E-state index contributed by atoms with van der Waals surface area (Å²) in [4.78, 5) is 16.9. The molecule has 39 heavy (non-hydrogen) atoms. The van der Waals surface area contributed by atoms with E-state index < -0.39 is 5.97 Å². The highest BCUT2D eigenvalue weighted by molar-refractivity contribution is 5.93. The maximum atomic E-state index is 12.3. The molecule has 2 N–H and O–H groups in total. The van der Waals surface area contributed by atoms with Crippen LogP contribution in [-0.2, 0) is 19.4 Å². The van der Waals surface area contributed by atoms with Crippen LogP contribution in [0.4, 0.5) is 0 Å². The van der Waals surface area contributed by atoms with Crippen molar-refractivity contribution in [3.05, 3.63) is 113 Å². The minimum absolute atomic E-state index is 0. The summed E-state index contributed by atoms with van der Waals surface area (Å²) in [5.41, 5.74) is 7.08. The van der Waals surface area contributed by atoms with Crippen molar-refractivity contribution in [3.63, 3.8) is 0 Å². The Morgan fingerprint density at radius 1 is 0.872 bits per heavy atom. The minimum Gasteiger partial charge on any atom is -0.488 e. The molecule has 2 heterocycles. The molecule has 0 amide bonds. The molecule has 2 aromatic heterocycles. The zero-order chi connectivity index (χ0) is 26.5. The van der Waals surface area contributed by atoms with Crippen LogP contribution < -0.4 is 4.74 Å². The monoisotopic (exact) mass is 541 g/mol. The molecule has 9 heteroatoms. The lowest BCUT2D eigenvalue weighted by Gasteiger charge is -2.17. The van der Waals surface area contributed by atoms with Gasteiger partial charge in [0, 0.05) is 16.8 Å². The molecule has 0 aliphatic carbocycles. The summed E-state index contributed by atoms with van der Waals surface area (Å²) in [6.07, 6.45) is 1.21. The van der Waals surface area contributed by atoms with Gasteiger partial charge in [-0.25, -0.2) is 4.79 Å². The molecule has 0 saturated heterocycles. The van der Waals surface area contributed by atoms with Gasteiger partial charge < -0.3 is 9.84 Å². The minimum atomic E-state index is -1.04. The number of H-pyrrole nitrogens is 1. The zero-order valence-corrected chi connectivity index (χ0v) is 22.4. The largest absolute Gasteiger partial charge is 0.488 e. The van der Waals surface area contributed by atoms with Gasteiger partial charge >= 0.3 is 5.97 Å². The number of hydrogen-bond acceptors (Lipinski definition) is 6. The van der Waals surface area contributed by atoms with Crippen LogP contribution in [0.2, 0.25) is 0 Å². The highest BCUT2D eigenvalue weighted by atomic mass is 35.5. The number of benzene rings is 3. The summed E-state index contributed by atoms with van der Waals surface area (Å²) in [5.74, 6) is -0.132. The Hall–Kier alpha value is -4.56. The number of aryl methyl sites for hydroxylation is 3. The number of tetrazole rings is 1. The summed E-state index contributed by atoms with van der Waals surface area (Å²) >= 11 is 0. The fourth-order valence-electron chi connectivity index (χ4n) is 4.46. The number of halogens is 1. The topological polar surface area (TPSA) is 114 Å². The van der Waals surface area contributed by atoms with Gasteiger partial charge in [0.1, 0.15) is 17.9 Å². The predicted molar refractivity (Wildman–Crippen MR) is 151 cm³/mol. The second kappa shape index (κ2) is 12.3. The molecule has 3 aromatic carbocycles. The highest BCUT2D eigenvalue weighted by Crippen LogP contribution is 2.32. The van der Waals surface area contributed by atoms with Gasteiger partial charge in [-0.1, -0.05) is 78.9 Å². The Morgan fingerprint density at radius 2 is 1.56 bits per heavy atom. The van der Waals surface area contributed by atoms with Gasteiger partial charge in [-0.3, -0.25) is 4.98 Å². The number of aromatic carboxylic acids is 1. The van der Waals surface area contributed by atoms with Crippen molar-refractivity contribution in [1.82, 2.24) is 25.6 Å². The average Bonchev–Trinajstić information content (AvgIpc) is 3.48. The lowest BCUT2D eigenvalue weighted by atomic mass is 9.98. The number of ether oxygens (including phenoxy) is 1. The summed E-state index contributed by atoms with van der Waals surface area (Å²) in [7, 11) is 0. The molecule has 5 aromatic rings. The van der Waals surface area contributed by atoms with E-state index >= 15 is 0 Å². The molecule has 0 atom stereocenters. The Bertz CT molecular complexity index is 1560. The number of aromatic nitrogens is 5. The summed E-state index contributed by atoms with van der Waals surface area (Å²) < 4.78 is 6.16. The van der Waals surface area contributed by atoms with E-state index in [-0.39, 0.29) is 24.6 Å². The zero-order valence-electron chi connectivity index (χ0n) is 21.6. The van der Waals surface area contributed by atoms with Gasteiger partial charge in [0.05, 0.1) is 5.69 Å². The van der Waals surface area contributed by atoms with Crippen LogP contribution >= 0.6 is 12.4 Å². The van der Waals surface area contributed by atoms with Gasteiger partial charge in [-0.05, 0) is 54.2 Å². The second-order valence-electron chi connectivity index (χ2n) is 9.03. The number of rotatable bonds is 9. The molecule has 0 saturated carbocycles. The van der Waals surface area contributed by atoms with E-state index in [0.717, 1.165) is 39.1 Å². The number of nitrogens with zero attached hydrogens (tertiary/aromatic N) is 4. The number of carbonyl (C=O) groups is 1. The lowest BCUT2D eigenvalue weighted by molar-refractivity contribution is 0.0689. The third-order valence-corrected chi connectivity index (χ3v) is 6.57. The van der Waals surface area contributed by atoms with Crippen LogP contribution in [0.15, 0.2) is 78.9 Å². The number of aromatic amines is 1. The van der Waals surface area contributed by atoms with Gasteiger partial charge in [0.2, 0.25) is 5.82 Å². The predicted octanol–water partition coefficient (Wildman–Crippen LogP) is 6.03. The Morgan fingerprint density at radius 3 is 2.23 bits per heavy atom. The van der Waals surface area contributed by atoms with Crippen LogP contribution in [0.25, 0.3) is 22.5 Å². The number of pyridine rings is 1. The quantitative estimate of drug-likeness (QED) is 0.234. The average molecular weight is 542 g/mol. The highest BCUT2D eigenvalue weighted by Gasteiger charge is 2.22. The first-order valence-corrected chi connectivity index (χ1v) is 12.3. The van der Waals surface area contributed by atoms with Crippen LogP contribution in [0.3, 0.4) is 0 Å². The number of carboxylic acids is 1. The normalized spacial score (nSPS) is 10.6. The van der Waals surface area contributed by atoms with E-state index in [1.54, 1.807) is 0 Å². The van der Waals surface area contributed by atoms with Crippen molar-refractivity contribution >= 4 is 18.4 Å². The van der Waals surface area contributed by atoms with Crippen molar-refractivity contribution in [3.8, 4) is 28.3 Å². The Kier molecular flexibility index (Phi) is 8.68. The summed E-state index contributed by atoms with van der Waals surface area (Å²) in [5, 5.41) is 24.5. The van der Waals surface area contributed by atoms with E-state index in [1.165, 1.54) is 0 Å². The first-order chi connectivity index (χ1) is 18.5. The molecule has 8 nitrogen and oxygen atoms in total. The van der Waals surface area contributed by atoms with E-state index in [9.17, 15) is 9.90 Å². The second-order valence-corrected chi connectivity index (χ2v) is 9.03. The van der Waals surface area contributed by atoms with Crippen molar-refractivity contribution in [2.75, 3.05) is 0 Å². The lowest BCUT2D eigenvalue weighted by Crippen LogP contribution is -2.13. The molecule has 0 unspecified atom stereocenters. The van der Waals surface area contributed by atoms with Crippen molar-refractivity contribution in [2.45, 2.75) is 33.3 Å². The SMILES string of the molecule is Cc1nc(CCc2ccccc2)c(C(=O)O)c(OCc2ccc(-c3ccccc3-c3nn[nH]n3)cc2)c1C.Cl. The van der Waals surface area contributed by atoms with Gasteiger partial charge in [-0.2, -0.15) is 5.21 Å². The van der Waals surface area contributed by atoms with Gasteiger partial charge in [0.15, 0.2) is 0 Å². The van der Waals surface area contributed by atoms with E-state index in [0.29, 0.717) is 30.1 Å². The third-order valence-electron chi connectivity index (χ3n) is 6.57. The third kappa shape index (κ3) is 6.13. The summed E-state index contributed by atoms with van der Waals surface area (Å²) in [6.45, 7) is 3.97. The fourth-order valence-corrected chi connectivity index (χ4v) is 4.46. The summed E-state index contributed by atoms with van der Waals surface area (Å²) in [6, 6.07) is 25.8. The van der Waals surface area contributed by atoms with Crippen molar-refractivity contribution in [2.24, 2.45) is 0 Å². The first-order valence-electron chi connectivity index (χ1n) is 12.3. The maximum absolute atomic E-state index is 12.3. The standard InChI is InChI=1S/C30H27N5O3.ClH/c1-19-20(2)31-26(17-14-21-8-4-3-5-9-21)27(30(36)37)28(19)38-18-22-12-15-23(16-13-22)24-10-6-7-11-25(24)29-32-34-35-33-29;/h3-13,15-16H,14,17-18H2,1-2H3,(H,36,37)(H,32,33,34,35);1H. The first kappa shape index (κ1) is 27.5. The number of nitrogens with one attached hydrogen (secondary N) is 1. The van der Waals surface area contributed by atoms with Crippen molar-refractivity contribution < 1.29 is 14.6 Å². The van der Waals surface area contributed by atoms with Crippen LogP contribution in [-0.4, -0.2) is 36.7 Å². The Labute approximate surface area is 232 Å². The number of carboxylic acid groups (broad SMARTS) is 1. The molecule has 0 aliphatic rings. The van der Waals surface area contributed by atoms with Crippen molar-refractivity contribution in [1.29, 1.82) is 0 Å². The molecule has 0 fully saturated rings. The molecule has 0 radical (unpaired) electrons. The molecule has 5 rings (SSSR count). The smallest absolute Gasteiger partial charge is 0.341 e. The van der Waals surface area contributed by atoms with Crippen LogP contribution in [0, 0.1) is 13.8 Å². The molecule has 0 bridgehead atoms. The molecular weight excluding hydrogens is 514 g/mol. The molecule has 198 valence electrons.